The Bertz CT molecular complexity index is 504. The molecule has 0 radical (unpaired) electrons. The van der Waals surface area contributed by atoms with Gasteiger partial charge in [0.05, 0.1) is 6.33 Å². The lowest BCUT2D eigenvalue weighted by atomic mass is 10.1. The minimum atomic E-state index is 0.107. The molecule has 0 amide bonds. The predicted octanol–water partition coefficient (Wildman–Crippen LogP) is 3.01. The number of nitrogens with zero attached hydrogens (tertiary/aromatic N) is 3. The maximum Gasteiger partial charge on any atom is 0.116 e. The molecule has 0 atom stereocenters. The Labute approximate surface area is 122 Å². The molecule has 102 valence electrons. The van der Waals surface area contributed by atoms with Crippen LogP contribution in [0.3, 0.4) is 0 Å². The van der Waals surface area contributed by atoms with Crippen molar-refractivity contribution < 1.29 is 0 Å². The number of hydrogen-bond donors (Lipinski definition) is 2. The van der Waals surface area contributed by atoms with Crippen LogP contribution < -0.4 is 4.72 Å². The first-order valence-electron chi connectivity index (χ1n) is 5.66. The molecule has 7 heteroatoms. The summed E-state index contributed by atoms with van der Waals surface area (Å²) in [5.41, 5.74) is 0.107. The average molecular weight is 295 g/mol. The lowest BCUT2D eigenvalue weighted by molar-refractivity contribution is 0.535. The summed E-state index contributed by atoms with van der Waals surface area (Å²) in [7, 11) is 0. The molecule has 0 unspecified atom stereocenters. The molecule has 0 bridgehead atoms. The zero-order valence-corrected chi connectivity index (χ0v) is 12.8. The van der Waals surface area contributed by atoms with Gasteiger partial charge in [0.25, 0.3) is 0 Å². The van der Waals surface area contributed by atoms with Gasteiger partial charge >= 0.3 is 0 Å². The molecular weight excluding hydrogens is 278 g/mol. The van der Waals surface area contributed by atoms with E-state index in [1.165, 1.54) is 11.9 Å². The van der Waals surface area contributed by atoms with Crippen LogP contribution in [0, 0.1) is 4.64 Å². The second-order valence-corrected chi connectivity index (χ2v) is 5.87. The molecular formula is C12H17N5S2. The summed E-state index contributed by atoms with van der Waals surface area (Å²) in [5, 5.41) is 0.944. The van der Waals surface area contributed by atoms with Gasteiger partial charge in [-0.15, -0.1) is 0 Å². The molecule has 2 heterocycles. The molecule has 0 fully saturated rings. The average Bonchev–Trinajstić information content (AvgIpc) is 2.39. The van der Waals surface area contributed by atoms with Gasteiger partial charge < -0.3 is 4.98 Å². The molecule has 19 heavy (non-hydrogen) atoms. The maximum absolute atomic E-state index is 4.72. The third-order valence-electron chi connectivity index (χ3n) is 1.61. The van der Waals surface area contributed by atoms with E-state index in [1.54, 1.807) is 31.1 Å². The van der Waals surface area contributed by atoms with Gasteiger partial charge in [-0.3, -0.25) is 4.72 Å². The maximum atomic E-state index is 4.72. The van der Waals surface area contributed by atoms with E-state index in [-0.39, 0.29) is 5.54 Å². The monoisotopic (exact) mass is 295 g/mol. The van der Waals surface area contributed by atoms with Gasteiger partial charge in [-0.2, -0.15) is 0 Å². The highest BCUT2D eigenvalue weighted by atomic mass is 32.2. The summed E-state index contributed by atoms with van der Waals surface area (Å²) >= 11 is 6.24. The van der Waals surface area contributed by atoms with Gasteiger partial charge in [-0.25, -0.2) is 15.0 Å². The molecule has 0 aliphatic rings. The van der Waals surface area contributed by atoms with Gasteiger partial charge in [0.1, 0.15) is 16.0 Å². The fraction of sp³-hybridized carbons (Fsp3) is 0.333. The quantitative estimate of drug-likeness (QED) is 0.504. The van der Waals surface area contributed by atoms with Crippen molar-refractivity contribution in [1.82, 2.24) is 24.7 Å². The molecule has 2 N–H and O–H groups in total. The van der Waals surface area contributed by atoms with E-state index in [9.17, 15) is 0 Å². The van der Waals surface area contributed by atoms with Gasteiger partial charge in [-0.05, 0) is 44.9 Å². The van der Waals surface area contributed by atoms with E-state index < -0.39 is 0 Å². The fourth-order valence-electron chi connectivity index (χ4n) is 0.847. The van der Waals surface area contributed by atoms with Crippen molar-refractivity contribution in [3.63, 3.8) is 0 Å². The molecule has 0 spiro atoms. The number of nitrogens with one attached hydrogen (secondary N) is 2. The van der Waals surface area contributed by atoms with Crippen molar-refractivity contribution in [3.05, 3.63) is 41.8 Å². The zero-order valence-electron chi connectivity index (χ0n) is 11.1. The molecule has 2 aromatic heterocycles. The highest BCUT2D eigenvalue weighted by Gasteiger charge is 2.08. The van der Waals surface area contributed by atoms with Crippen LogP contribution >= 0.6 is 24.2 Å². The third-order valence-corrected chi connectivity index (χ3v) is 3.03. The highest BCUT2D eigenvalue weighted by molar-refractivity contribution is 7.97. The Kier molecular flexibility index (Phi) is 6.61. The number of aromatic amines is 1. The molecule has 0 aliphatic heterocycles. The van der Waals surface area contributed by atoms with Crippen LogP contribution in [0.5, 0.6) is 0 Å². The molecule has 2 rings (SSSR count). The van der Waals surface area contributed by atoms with Crippen molar-refractivity contribution in [3.8, 4) is 0 Å². The highest BCUT2D eigenvalue weighted by Crippen LogP contribution is 2.13. The Balaban J connectivity index is 0.000000218. The van der Waals surface area contributed by atoms with Crippen molar-refractivity contribution >= 4 is 24.2 Å². The molecule has 0 saturated carbocycles. The Morgan fingerprint density at radius 3 is 2.37 bits per heavy atom. The van der Waals surface area contributed by atoms with Crippen molar-refractivity contribution in [2.45, 2.75) is 31.3 Å². The lowest BCUT2D eigenvalue weighted by Gasteiger charge is -2.18. The Morgan fingerprint density at radius 1 is 1.21 bits per heavy atom. The van der Waals surface area contributed by atoms with Crippen LogP contribution in [-0.4, -0.2) is 25.5 Å². The topological polar surface area (TPSA) is 66.5 Å². The SMILES string of the molecule is CC(C)(C)NSc1ccncn1.S=c1ccnc[nH]1. The number of hydrogen-bond acceptors (Lipinski definition) is 6. The van der Waals surface area contributed by atoms with Crippen LogP contribution in [0.2, 0.25) is 0 Å². The lowest BCUT2D eigenvalue weighted by Crippen LogP contribution is -2.29. The van der Waals surface area contributed by atoms with E-state index in [1.807, 2.05) is 6.07 Å². The van der Waals surface area contributed by atoms with Crippen LogP contribution in [0.25, 0.3) is 0 Å². The van der Waals surface area contributed by atoms with Crippen LogP contribution in [0.4, 0.5) is 0 Å². The van der Waals surface area contributed by atoms with E-state index in [0.717, 1.165) is 9.67 Å². The first-order valence-corrected chi connectivity index (χ1v) is 6.88. The van der Waals surface area contributed by atoms with E-state index in [2.05, 4.69) is 45.4 Å². The summed E-state index contributed by atoms with van der Waals surface area (Å²) in [5.74, 6) is 0. The largest absolute Gasteiger partial charge is 0.337 e. The van der Waals surface area contributed by atoms with E-state index in [0.29, 0.717) is 0 Å². The second-order valence-electron chi connectivity index (χ2n) is 4.60. The number of aromatic nitrogens is 4. The van der Waals surface area contributed by atoms with Crippen molar-refractivity contribution in [2.75, 3.05) is 0 Å². The summed E-state index contributed by atoms with van der Waals surface area (Å²) in [6, 6.07) is 3.61. The normalized spacial score (nSPS) is 10.5. The summed E-state index contributed by atoms with van der Waals surface area (Å²) in [6.07, 6.45) is 6.49. The number of H-pyrrole nitrogens is 1. The molecule has 5 nitrogen and oxygen atoms in total. The zero-order chi connectivity index (χ0) is 14.1. The first kappa shape index (κ1) is 15.7. The molecule has 0 aromatic carbocycles. The summed E-state index contributed by atoms with van der Waals surface area (Å²) in [6.45, 7) is 6.34. The smallest absolute Gasteiger partial charge is 0.116 e. The fourth-order valence-corrected chi connectivity index (χ4v) is 1.60. The molecule has 0 aliphatic carbocycles. The van der Waals surface area contributed by atoms with Crippen molar-refractivity contribution in [2.24, 2.45) is 0 Å². The van der Waals surface area contributed by atoms with Gasteiger partial charge in [0, 0.05) is 17.9 Å². The van der Waals surface area contributed by atoms with Crippen LogP contribution in [0.1, 0.15) is 20.8 Å². The van der Waals surface area contributed by atoms with Gasteiger partial charge in [0.2, 0.25) is 0 Å². The van der Waals surface area contributed by atoms with Gasteiger partial charge in [-0.1, -0.05) is 12.2 Å². The summed E-state index contributed by atoms with van der Waals surface area (Å²) in [4.78, 5) is 14.4. The predicted molar refractivity (Wildman–Crippen MR) is 80.2 cm³/mol. The first-order chi connectivity index (χ1) is 8.97. The van der Waals surface area contributed by atoms with E-state index in [4.69, 9.17) is 12.2 Å². The summed E-state index contributed by atoms with van der Waals surface area (Å²) < 4.78 is 3.98. The van der Waals surface area contributed by atoms with E-state index >= 15 is 0 Å². The molecule has 0 saturated heterocycles. The number of rotatable bonds is 2. The second kappa shape index (κ2) is 7.98. The standard InChI is InChI=1S/C8H13N3S.C4H4N2S/c1-8(2,3)11-12-7-4-5-9-6-10-7;7-4-1-2-5-3-6-4/h4-6,11H,1-3H3;1-3H,(H,5,6,7). The third kappa shape index (κ3) is 8.41. The minimum absolute atomic E-state index is 0.107. The van der Waals surface area contributed by atoms with Gasteiger partial charge in [0.15, 0.2) is 0 Å². The van der Waals surface area contributed by atoms with Crippen LogP contribution in [0.15, 0.2) is 42.2 Å². The minimum Gasteiger partial charge on any atom is -0.337 e. The Hall–Kier alpha value is -1.31. The Morgan fingerprint density at radius 2 is 1.95 bits per heavy atom. The van der Waals surface area contributed by atoms with Crippen LogP contribution in [-0.2, 0) is 0 Å². The molecule has 2 aromatic rings. The van der Waals surface area contributed by atoms with Crippen molar-refractivity contribution in [1.29, 1.82) is 0 Å².